The molecule has 13 heteroatoms. The molecular formula is C21H18N2O11. The summed E-state index contributed by atoms with van der Waals surface area (Å²) in [6.07, 6.45) is -3.02. The zero-order valence-corrected chi connectivity index (χ0v) is 17.7. The summed E-state index contributed by atoms with van der Waals surface area (Å²) in [5.41, 5.74) is -0.299. The average Bonchev–Trinajstić information content (AvgIpc) is 3.17. The van der Waals surface area contributed by atoms with E-state index in [0.717, 1.165) is 24.3 Å². The van der Waals surface area contributed by atoms with E-state index in [1.807, 2.05) is 0 Å². The number of ether oxygens (including phenoxy) is 4. The van der Waals surface area contributed by atoms with Crippen LogP contribution in [0.25, 0.3) is 0 Å². The smallest absolute Gasteiger partial charge is 0.338 e. The third-order valence-corrected chi connectivity index (χ3v) is 4.73. The molecule has 0 saturated carbocycles. The molecule has 2 aromatic carbocycles. The molecule has 3 rings (SSSR count). The molecule has 1 saturated heterocycles. The Labute approximate surface area is 191 Å². The van der Waals surface area contributed by atoms with Crippen LogP contribution >= 0.6 is 0 Å². The molecular weight excluding hydrogens is 456 g/mol. The van der Waals surface area contributed by atoms with Crippen LogP contribution in [0.2, 0.25) is 0 Å². The highest BCUT2D eigenvalue weighted by molar-refractivity contribution is 5.90. The van der Waals surface area contributed by atoms with Crippen molar-refractivity contribution in [3.8, 4) is 0 Å². The Morgan fingerprint density at radius 1 is 0.882 bits per heavy atom. The number of nitro benzene ring substituents is 2. The van der Waals surface area contributed by atoms with Crippen LogP contribution in [-0.2, 0) is 23.7 Å². The summed E-state index contributed by atoms with van der Waals surface area (Å²) in [6, 6.07) is 9.49. The fraction of sp³-hybridized carbons (Fsp3) is 0.286. The number of carbonyl (C=O) groups is 3. The molecule has 178 valence electrons. The maximum atomic E-state index is 12.5. The van der Waals surface area contributed by atoms with E-state index in [1.165, 1.54) is 31.2 Å². The molecule has 2 aromatic rings. The highest BCUT2D eigenvalue weighted by Crippen LogP contribution is 2.26. The van der Waals surface area contributed by atoms with Crippen LogP contribution in [0.3, 0.4) is 0 Å². The molecule has 0 radical (unpaired) electrons. The van der Waals surface area contributed by atoms with Gasteiger partial charge in [-0.1, -0.05) is 0 Å². The first-order chi connectivity index (χ1) is 16.1. The van der Waals surface area contributed by atoms with Crippen molar-refractivity contribution in [1.29, 1.82) is 0 Å². The second-order valence-electron chi connectivity index (χ2n) is 7.10. The van der Waals surface area contributed by atoms with Crippen LogP contribution in [0.1, 0.15) is 34.1 Å². The number of nitro groups is 2. The SMILES string of the molecule is CC(=O)OC1CC(OC(=O)c2ccc([N+](=O)[O-])cc2)C(COC(=O)c2ccc([N+](=O)[O-])cc2)O1. The van der Waals surface area contributed by atoms with Gasteiger partial charge in [-0.05, 0) is 24.3 Å². The Morgan fingerprint density at radius 2 is 1.38 bits per heavy atom. The van der Waals surface area contributed by atoms with Crippen molar-refractivity contribution in [2.24, 2.45) is 0 Å². The van der Waals surface area contributed by atoms with Gasteiger partial charge in [-0.3, -0.25) is 25.0 Å². The highest BCUT2D eigenvalue weighted by Gasteiger charge is 2.40. The second kappa shape index (κ2) is 10.5. The van der Waals surface area contributed by atoms with Crippen molar-refractivity contribution in [2.75, 3.05) is 6.61 Å². The first-order valence-corrected chi connectivity index (χ1v) is 9.83. The van der Waals surface area contributed by atoms with Crippen LogP contribution in [0.5, 0.6) is 0 Å². The summed E-state index contributed by atoms with van der Waals surface area (Å²) in [6.45, 7) is 0.801. The molecule has 3 atom stereocenters. The monoisotopic (exact) mass is 474 g/mol. The van der Waals surface area contributed by atoms with Gasteiger partial charge in [-0.15, -0.1) is 0 Å². The maximum Gasteiger partial charge on any atom is 0.338 e. The molecule has 13 nitrogen and oxygen atoms in total. The van der Waals surface area contributed by atoms with Crippen LogP contribution in [0.15, 0.2) is 48.5 Å². The minimum Gasteiger partial charge on any atom is -0.459 e. The standard InChI is InChI=1S/C21H18N2O11/c1-12(24)32-19-10-17(34-21(26)14-4-8-16(9-5-14)23(29)30)18(33-19)11-31-20(25)13-2-6-15(7-3-13)22(27)28/h2-9,17-19H,10-11H2,1H3. The van der Waals surface area contributed by atoms with E-state index in [1.54, 1.807) is 0 Å². The van der Waals surface area contributed by atoms with E-state index >= 15 is 0 Å². The van der Waals surface area contributed by atoms with E-state index in [9.17, 15) is 34.6 Å². The lowest BCUT2D eigenvalue weighted by molar-refractivity contribution is -0.385. The quantitative estimate of drug-likeness (QED) is 0.238. The van der Waals surface area contributed by atoms with Gasteiger partial charge in [0.2, 0.25) is 6.29 Å². The molecule has 1 fully saturated rings. The topological polar surface area (TPSA) is 174 Å². The number of rotatable bonds is 8. The lowest BCUT2D eigenvalue weighted by Crippen LogP contribution is -2.32. The number of hydrogen-bond acceptors (Lipinski definition) is 11. The van der Waals surface area contributed by atoms with Gasteiger partial charge in [0.15, 0.2) is 0 Å². The van der Waals surface area contributed by atoms with Crippen molar-refractivity contribution >= 4 is 29.3 Å². The van der Waals surface area contributed by atoms with Crippen molar-refractivity contribution in [1.82, 2.24) is 0 Å². The van der Waals surface area contributed by atoms with Gasteiger partial charge in [0.25, 0.3) is 11.4 Å². The number of nitrogens with zero attached hydrogens (tertiary/aromatic N) is 2. The van der Waals surface area contributed by atoms with Crippen LogP contribution in [0, 0.1) is 20.2 Å². The van der Waals surface area contributed by atoms with E-state index in [2.05, 4.69) is 0 Å². The van der Waals surface area contributed by atoms with Gasteiger partial charge in [-0.25, -0.2) is 9.59 Å². The average molecular weight is 474 g/mol. The van der Waals surface area contributed by atoms with Gasteiger partial charge >= 0.3 is 17.9 Å². The summed E-state index contributed by atoms with van der Waals surface area (Å²) in [5, 5.41) is 21.5. The van der Waals surface area contributed by atoms with Crippen molar-refractivity contribution in [2.45, 2.75) is 31.8 Å². The minimum absolute atomic E-state index is 0.0297. The van der Waals surface area contributed by atoms with Crippen molar-refractivity contribution in [3.05, 3.63) is 79.9 Å². The molecule has 0 N–H and O–H groups in total. The van der Waals surface area contributed by atoms with Crippen molar-refractivity contribution < 1.29 is 43.2 Å². The summed E-state index contributed by atoms with van der Waals surface area (Å²) in [4.78, 5) is 56.3. The Morgan fingerprint density at radius 3 is 1.85 bits per heavy atom. The molecule has 1 heterocycles. The summed E-state index contributed by atoms with van der Waals surface area (Å²) < 4.78 is 21.1. The van der Waals surface area contributed by atoms with Crippen LogP contribution in [-0.4, -0.2) is 52.9 Å². The van der Waals surface area contributed by atoms with Gasteiger partial charge in [0.1, 0.15) is 18.8 Å². The zero-order valence-electron chi connectivity index (χ0n) is 17.7. The summed E-state index contributed by atoms with van der Waals surface area (Å²) in [5.74, 6) is -2.23. The first-order valence-electron chi connectivity index (χ1n) is 9.83. The molecule has 0 amide bonds. The number of esters is 3. The van der Waals surface area contributed by atoms with E-state index in [0.29, 0.717) is 0 Å². The molecule has 1 aliphatic heterocycles. The predicted octanol–water partition coefficient (Wildman–Crippen LogP) is 2.56. The molecule has 0 spiro atoms. The Hall–Kier alpha value is -4.39. The molecule has 0 aromatic heterocycles. The zero-order chi connectivity index (χ0) is 24.8. The first kappa shape index (κ1) is 24.3. The third kappa shape index (κ3) is 6.10. The third-order valence-electron chi connectivity index (χ3n) is 4.73. The Bertz CT molecular complexity index is 1100. The number of hydrogen-bond donors (Lipinski definition) is 0. The van der Waals surface area contributed by atoms with Gasteiger partial charge < -0.3 is 18.9 Å². The Kier molecular flexibility index (Phi) is 7.48. The van der Waals surface area contributed by atoms with Gasteiger partial charge in [0, 0.05) is 31.2 Å². The van der Waals surface area contributed by atoms with E-state index in [-0.39, 0.29) is 35.5 Å². The van der Waals surface area contributed by atoms with Crippen LogP contribution < -0.4 is 0 Å². The molecule has 0 bridgehead atoms. The molecule has 0 aliphatic carbocycles. The van der Waals surface area contributed by atoms with Gasteiger partial charge in [0.05, 0.1) is 27.4 Å². The fourth-order valence-electron chi connectivity index (χ4n) is 3.10. The second-order valence-corrected chi connectivity index (χ2v) is 7.10. The summed E-state index contributed by atoms with van der Waals surface area (Å²) >= 11 is 0. The summed E-state index contributed by atoms with van der Waals surface area (Å²) in [7, 11) is 0. The number of carbonyl (C=O) groups excluding carboxylic acids is 3. The lowest BCUT2D eigenvalue weighted by atomic mass is 10.1. The maximum absolute atomic E-state index is 12.5. The van der Waals surface area contributed by atoms with E-state index < -0.39 is 46.3 Å². The molecule has 34 heavy (non-hydrogen) atoms. The normalized spacial score (nSPS) is 19.1. The fourth-order valence-corrected chi connectivity index (χ4v) is 3.10. The molecule has 1 aliphatic rings. The highest BCUT2D eigenvalue weighted by atomic mass is 16.7. The number of non-ortho nitro benzene ring substituents is 2. The lowest BCUT2D eigenvalue weighted by Gasteiger charge is -2.18. The molecule has 3 unspecified atom stereocenters. The number of benzene rings is 2. The van der Waals surface area contributed by atoms with Crippen molar-refractivity contribution in [3.63, 3.8) is 0 Å². The predicted molar refractivity (Wildman–Crippen MR) is 111 cm³/mol. The van der Waals surface area contributed by atoms with E-state index in [4.69, 9.17) is 18.9 Å². The Balaban J connectivity index is 1.65. The minimum atomic E-state index is -1.05. The van der Waals surface area contributed by atoms with Gasteiger partial charge in [-0.2, -0.15) is 0 Å². The van der Waals surface area contributed by atoms with Crippen LogP contribution in [0.4, 0.5) is 11.4 Å². The largest absolute Gasteiger partial charge is 0.459 e.